The molecule has 2 aromatic rings. The zero-order valence-corrected chi connectivity index (χ0v) is 11.3. The van der Waals surface area contributed by atoms with E-state index in [2.05, 4.69) is 24.1 Å². The maximum atomic E-state index is 11.9. The number of rotatable bonds is 2. The van der Waals surface area contributed by atoms with Crippen molar-refractivity contribution in [3.8, 4) is 0 Å². The first-order valence-electron chi connectivity index (χ1n) is 5.93. The van der Waals surface area contributed by atoms with Gasteiger partial charge in [0.15, 0.2) is 5.82 Å². The van der Waals surface area contributed by atoms with Gasteiger partial charge in [-0.2, -0.15) is 4.37 Å². The first-order chi connectivity index (χ1) is 9.20. The van der Waals surface area contributed by atoms with E-state index in [1.807, 2.05) is 6.20 Å². The molecule has 19 heavy (non-hydrogen) atoms. The Morgan fingerprint density at radius 1 is 1.53 bits per heavy atom. The zero-order valence-electron chi connectivity index (χ0n) is 10.5. The van der Waals surface area contributed by atoms with Gasteiger partial charge in [-0.1, -0.05) is 0 Å². The van der Waals surface area contributed by atoms with E-state index in [9.17, 15) is 4.79 Å². The molecule has 3 heterocycles. The van der Waals surface area contributed by atoms with E-state index in [1.165, 1.54) is 11.5 Å². The lowest BCUT2D eigenvalue weighted by atomic mass is 10.2. The molecule has 100 valence electrons. The minimum absolute atomic E-state index is 0.199. The Balaban J connectivity index is 1.94. The number of fused-ring (bicyclic) bond motifs is 1. The Bertz CT molecular complexity index is 618. The van der Waals surface area contributed by atoms with E-state index >= 15 is 0 Å². The molecule has 8 heteroatoms. The van der Waals surface area contributed by atoms with Gasteiger partial charge in [-0.15, -0.1) is 0 Å². The number of amides is 1. The number of nitrogens with zero attached hydrogens (tertiary/aromatic N) is 4. The molecular weight excluding hydrogens is 264 g/mol. The van der Waals surface area contributed by atoms with Gasteiger partial charge in [-0.3, -0.25) is 4.79 Å². The molecule has 0 fully saturated rings. The molecule has 3 N–H and O–H groups in total. The lowest BCUT2D eigenvalue weighted by molar-refractivity contribution is 0.0964. The van der Waals surface area contributed by atoms with Gasteiger partial charge in [0.2, 0.25) is 0 Å². The molecule has 0 aromatic carbocycles. The largest absolute Gasteiger partial charge is 0.382 e. The van der Waals surface area contributed by atoms with Gasteiger partial charge in [0.05, 0.1) is 6.54 Å². The van der Waals surface area contributed by atoms with Crippen LogP contribution in [0.1, 0.15) is 16.2 Å². The molecule has 0 radical (unpaired) electrons. The van der Waals surface area contributed by atoms with Crippen molar-refractivity contribution in [2.75, 3.05) is 24.2 Å². The SMILES string of the molecule is CNC(=O)c1c(N)nsc1N1CCn2ccnc2C1. The van der Waals surface area contributed by atoms with Gasteiger partial charge in [-0.05, 0) is 11.5 Å². The van der Waals surface area contributed by atoms with Crippen LogP contribution in [0.5, 0.6) is 0 Å². The molecule has 0 atom stereocenters. The van der Waals surface area contributed by atoms with Crippen molar-refractivity contribution in [1.82, 2.24) is 19.2 Å². The minimum atomic E-state index is -0.199. The molecule has 0 bridgehead atoms. The van der Waals surface area contributed by atoms with Crippen LogP contribution < -0.4 is 16.0 Å². The molecule has 0 saturated heterocycles. The highest BCUT2D eigenvalue weighted by molar-refractivity contribution is 7.11. The normalized spacial score (nSPS) is 14.3. The van der Waals surface area contributed by atoms with E-state index in [-0.39, 0.29) is 11.7 Å². The number of nitrogens with two attached hydrogens (primary N) is 1. The van der Waals surface area contributed by atoms with Crippen LogP contribution in [0, 0.1) is 0 Å². The first-order valence-corrected chi connectivity index (χ1v) is 6.70. The highest BCUT2D eigenvalue weighted by atomic mass is 32.1. The summed E-state index contributed by atoms with van der Waals surface area (Å²) in [5.41, 5.74) is 6.26. The van der Waals surface area contributed by atoms with Crippen LogP contribution in [0.2, 0.25) is 0 Å². The molecule has 0 spiro atoms. The maximum Gasteiger partial charge on any atom is 0.257 e. The van der Waals surface area contributed by atoms with Crippen molar-refractivity contribution in [2.45, 2.75) is 13.1 Å². The third-order valence-electron chi connectivity index (χ3n) is 3.19. The predicted octanol–water partition coefficient (Wildman–Crippen LogP) is 0.302. The smallest absolute Gasteiger partial charge is 0.257 e. The van der Waals surface area contributed by atoms with Crippen LogP contribution in [0.25, 0.3) is 0 Å². The Labute approximate surface area is 114 Å². The first kappa shape index (κ1) is 12.0. The summed E-state index contributed by atoms with van der Waals surface area (Å²) in [6.45, 7) is 2.33. The zero-order chi connectivity index (χ0) is 13.4. The number of nitrogen functional groups attached to an aromatic ring is 1. The topological polar surface area (TPSA) is 89.1 Å². The van der Waals surface area contributed by atoms with Gasteiger partial charge in [-0.25, -0.2) is 4.98 Å². The number of anilines is 2. The Morgan fingerprint density at radius 2 is 2.37 bits per heavy atom. The number of nitrogens with one attached hydrogen (secondary N) is 1. The molecule has 0 unspecified atom stereocenters. The summed E-state index contributed by atoms with van der Waals surface area (Å²) in [6, 6.07) is 0. The van der Waals surface area contributed by atoms with Crippen molar-refractivity contribution >= 4 is 28.3 Å². The van der Waals surface area contributed by atoms with E-state index in [0.717, 1.165) is 23.9 Å². The fourth-order valence-corrected chi connectivity index (χ4v) is 3.03. The Kier molecular flexibility index (Phi) is 2.86. The second-order valence-corrected chi connectivity index (χ2v) is 5.04. The third kappa shape index (κ3) is 1.93. The van der Waals surface area contributed by atoms with Crippen LogP contribution in [0.4, 0.5) is 10.8 Å². The van der Waals surface area contributed by atoms with Crippen LogP contribution >= 0.6 is 11.5 Å². The van der Waals surface area contributed by atoms with E-state index in [4.69, 9.17) is 5.73 Å². The molecule has 0 saturated carbocycles. The number of carbonyl (C=O) groups is 1. The summed E-state index contributed by atoms with van der Waals surface area (Å²) in [5.74, 6) is 1.07. The molecule has 0 aliphatic carbocycles. The van der Waals surface area contributed by atoms with Gasteiger partial charge in [0.1, 0.15) is 16.4 Å². The average Bonchev–Trinajstić information content (AvgIpc) is 3.03. The number of hydrogen-bond donors (Lipinski definition) is 2. The quantitative estimate of drug-likeness (QED) is 0.825. The molecule has 1 aliphatic rings. The number of aromatic nitrogens is 3. The molecule has 1 amide bonds. The number of carbonyl (C=O) groups excluding carboxylic acids is 1. The minimum Gasteiger partial charge on any atom is -0.382 e. The third-order valence-corrected chi connectivity index (χ3v) is 4.11. The fourth-order valence-electron chi connectivity index (χ4n) is 2.19. The van der Waals surface area contributed by atoms with Crippen molar-refractivity contribution in [3.05, 3.63) is 23.8 Å². The molecule has 2 aromatic heterocycles. The van der Waals surface area contributed by atoms with Gasteiger partial charge >= 0.3 is 0 Å². The van der Waals surface area contributed by atoms with Crippen molar-refractivity contribution in [2.24, 2.45) is 0 Å². The maximum absolute atomic E-state index is 11.9. The van der Waals surface area contributed by atoms with Gasteiger partial charge in [0, 0.05) is 32.5 Å². The molecular formula is C11H14N6OS. The van der Waals surface area contributed by atoms with Crippen LogP contribution in [0.3, 0.4) is 0 Å². The second-order valence-electron chi connectivity index (χ2n) is 4.29. The monoisotopic (exact) mass is 278 g/mol. The van der Waals surface area contributed by atoms with Gasteiger partial charge < -0.3 is 20.5 Å². The molecule has 7 nitrogen and oxygen atoms in total. The van der Waals surface area contributed by atoms with Crippen molar-refractivity contribution < 1.29 is 4.79 Å². The fraction of sp³-hybridized carbons (Fsp3) is 0.364. The van der Waals surface area contributed by atoms with E-state index in [0.29, 0.717) is 12.1 Å². The Morgan fingerprint density at radius 3 is 3.16 bits per heavy atom. The van der Waals surface area contributed by atoms with Crippen molar-refractivity contribution in [3.63, 3.8) is 0 Å². The number of hydrogen-bond acceptors (Lipinski definition) is 6. The van der Waals surface area contributed by atoms with Crippen LogP contribution in [-0.2, 0) is 13.1 Å². The summed E-state index contributed by atoms with van der Waals surface area (Å²) >= 11 is 1.26. The standard InChI is InChI=1S/C11H14N6OS/c1-13-10(18)8-9(12)15-19-11(8)17-5-4-16-3-2-14-7(16)6-17/h2-3H,4-6H2,1H3,(H2,12,15)(H,13,18). The summed E-state index contributed by atoms with van der Waals surface area (Å²) in [5, 5.41) is 3.41. The van der Waals surface area contributed by atoms with Gasteiger partial charge in [0.25, 0.3) is 5.91 Å². The highest BCUT2D eigenvalue weighted by Gasteiger charge is 2.25. The Hall–Kier alpha value is -2.09. The average molecular weight is 278 g/mol. The predicted molar refractivity (Wildman–Crippen MR) is 73.2 cm³/mol. The van der Waals surface area contributed by atoms with Crippen molar-refractivity contribution in [1.29, 1.82) is 0 Å². The summed E-state index contributed by atoms with van der Waals surface area (Å²) in [6.07, 6.45) is 3.76. The lowest BCUT2D eigenvalue weighted by Crippen LogP contribution is -2.34. The summed E-state index contributed by atoms with van der Waals surface area (Å²) in [7, 11) is 1.59. The summed E-state index contributed by atoms with van der Waals surface area (Å²) < 4.78 is 6.21. The van der Waals surface area contributed by atoms with E-state index < -0.39 is 0 Å². The molecule has 3 rings (SSSR count). The highest BCUT2D eigenvalue weighted by Crippen LogP contribution is 2.32. The number of imidazole rings is 1. The van der Waals surface area contributed by atoms with Crippen LogP contribution in [0.15, 0.2) is 12.4 Å². The summed E-state index contributed by atoms with van der Waals surface area (Å²) in [4.78, 5) is 18.3. The van der Waals surface area contributed by atoms with Crippen LogP contribution in [-0.4, -0.2) is 33.4 Å². The molecule has 1 aliphatic heterocycles. The van der Waals surface area contributed by atoms with E-state index in [1.54, 1.807) is 13.2 Å². The second kappa shape index (κ2) is 4.54. The lowest BCUT2D eigenvalue weighted by Gasteiger charge is -2.28.